The molecule has 0 N–H and O–H groups in total. The van der Waals surface area contributed by atoms with Gasteiger partial charge in [-0.05, 0) is 32.4 Å². The summed E-state index contributed by atoms with van der Waals surface area (Å²) in [6.07, 6.45) is 3.61. The van der Waals surface area contributed by atoms with Crippen LogP contribution in [-0.2, 0) is 11.8 Å². The molecule has 0 saturated carbocycles. The highest BCUT2D eigenvalue weighted by Crippen LogP contribution is 2.28. The van der Waals surface area contributed by atoms with Crippen molar-refractivity contribution in [2.24, 2.45) is 0 Å². The lowest BCUT2D eigenvalue weighted by molar-refractivity contribution is 0.382. The van der Waals surface area contributed by atoms with E-state index in [2.05, 4.69) is 22.1 Å². The lowest BCUT2D eigenvalue weighted by Crippen LogP contribution is -2.20. The largest absolute Gasteiger partial charge is 0.424 e. The monoisotopic (exact) mass is 231 g/mol. The topological polar surface area (TPSA) is 51.8 Å². The molecule has 2 rings (SSSR count). The Kier molecular flexibility index (Phi) is 3.22. The van der Waals surface area contributed by atoms with Gasteiger partial charge in [-0.1, -0.05) is 13.0 Å². The van der Waals surface area contributed by atoms with Crippen LogP contribution in [0.3, 0.4) is 0 Å². The van der Waals surface area contributed by atoms with Gasteiger partial charge in [-0.2, -0.15) is 0 Å². The molecule has 0 atom stereocenters. The van der Waals surface area contributed by atoms with E-state index in [1.54, 1.807) is 6.20 Å². The molecule has 0 unspecified atom stereocenters. The first kappa shape index (κ1) is 11.8. The third-order valence-corrected chi connectivity index (χ3v) is 2.77. The Balaban J connectivity index is 2.31. The lowest BCUT2D eigenvalue weighted by Gasteiger charge is -2.18. The summed E-state index contributed by atoms with van der Waals surface area (Å²) in [6.45, 7) is 6.17. The normalized spacial score (nSPS) is 11.7. The molecule has 0 amide bonds. The summed E-state index contributed by atoms with van der Waals surface area (Å²) < 4.78 is 5.68. The fourth-order valence-corrected chi connectivity index (χ4v) is 1.66. The number of pyridine rings is 1. The molecule has 2 heterocycles. The molecule has 0 fully saturated rings. The van der Waals surface area contributed by atoms with Gasteiger partial charge in [-0.3, -0.25) is 4.98 Å². The summed E-state index contributed by atoms with van der Waals surface area (Å²) >= 11 is 0. The molecule has 4 heteroatoms. The Morgan fingerprint density at radius 1 is 1.24 bits per heavy atom. The molecule has 0 radical (unpaired) electrons. The van der Waals surface area contributed by atoms with E-state index in [0.29, 0.717) is 11.8 Å². The van der Waals surface area contributed by atoms with Gasteiger partial charge in [0.25, 0.3) is 0 Å². The van der Waals surface area contributed by atoms with Crippen LogP contribution in [0.5, 0.6) is 0 Å². The Morgan fingerprint density at radius 2 is 2.06 bits per heavy atom. The average molecular weight is 231 g/mol. The van der Waals surface area contributed by atoms with Gasteiger partial charge in [0, 0.05) is 12.6 Å². The number of nitrogens with zero attached hydrogens (tertiary/aromatic N) is 3. The fourth-order valence-electron chi connectivity index (χ4n) is 1.66. The second kappa shape index (κ2) is 4.65. The smallest absolute Gasteiger partial charge is 0.228 e. The maximum atomic E-state index is 5.68. The van der Waals surface area contributed by atoms with Gasteiger partial charge in [-0.15, -0.1) is 10.2 Å². The van der Waals surface area contributed by atoms with Crippen molar-refractivity contribution < 1.29 is 4.42 Å². The Morgan fingerprint density at radius 3 is 2.71 bits per heavy atom. The van der Waals surface area contributed by atoms with Crippen LogP contribution in [0.1, 0.15) is 44.7 Å². The highest BCUT2D eigenvalue weighted by atomic mass is 16.4. The predicted octanol–water partition coefficient (Wildman–Crippen LogP) is 2.74. The van der Waals surface area contributed by atoms with Crippen LogP contribution in [0.25, 0.3) is 0 Å². The molecule has 0 spiro atoms. The average Bonchev–Trinajstić information content (AvgIpc) is 2.80. The first-order chi connectivity index (χ1) is 8.14. The van der Waals surface area contributed by atoms with Gasteiger partial charge >= 0.3 is 0 Å². The first-order valence-corrected chi connectivity index (χ1v) is 5.89. The summed E-state index contributed by atoms with van der Waals surface area (Å²) in [5.41, 5.74) is 0.590. The summed E-state index contributed by atoms with van der Waals surface area (Å²) in [4.78, 5) is 4.35. The second-order valence-electron chi connectivity index (χ2n) is 4.59. The van der Waals surface area contributed by atoms with Crippen molar-refractivity contribution in [2.75, 3.05) is 0 Å². The Bertz CT molecular complexity index is 476. The molecule has 0 aliphatic carbocycles. The fraction of sp³-hybridized carbons (Fsp3) is 0.462. The van der Waals surface area contributed by atoms with E-state index in [1.807, 2.05) is 32.0 Å². The summed E-state index contributed by atoms with van der Waals surface area (Å²) in [5, 5.41) is 8.18. The zero-order valence-corrected chi connectivity index (χ0v) is 10.5. The quantitative estimate of drug-likeness (QED) is 0.811. The van der Waals surface area contributed by atoms with Crippen molar-refractivity contribution in [3.8, 4) is 0 Å². The van der Waals surface area contributed by atoms with Gasteiger partial charge < -0.3 is 4.42 Å². The van der Waals surface area contributed by atoms with E-state index in [1.165, 1.54) is 0 Å². The summed E-state index contributed by atoms with van der Waals surface area (Å²) in [6, 6.07) is 5.84. The number of hydrogen-bond acceptors (Lipinski definition) is 4. The number of hydrogen-bond donors (Lipinski definition) is 0. The van der Waals surface area contributed by atoms with Crippen LogP contribution >= 0.6 is 0 Å². The van der Waals surface area contributed by atoms with Crippen LogP contribution in [0.2, 0.25) is 0 Å². The van der Waals surface area contributed by atoms with Gasteiger partial charge in [0.05, 0.1) is 11.1 Å². The Labute approximate surface area is 101 Å². The van der Waals surface area contributed by atoms with Gasteiger partial charge in [0.1, 0.15) is 0 Å². The van der Waals surface area contributed by atoms with Crippen LogP contribution in [0.15, 0.2) is 28.8 Å². The maximum Gasteiger partial charge on any atom is 0.228 e. The molecule has 2 aromatic heterocycles. The predicted molar refractivity (Wildman–Crippen MR) is 64.7 cm³/mol. The molecule has 17 heavy (non-hydrogen) atoms. The van der Waals surface area contributed by atoms with Crippen LogP contribution in [0, 0.1) is 0 Å². The van der Waals surface area contributed by atoms with E-state index in [0.717, 1.165) is 18.5 Å². The van der Waals surface area contributed by atoms with Crippen molar-refractivity contribution >= 4 is 0 Å². The number of aromatic nitrogens is 3. The van der Waals surface area contributed by atoms with Crippen molar-refractivity contribution in [2.45, 2.75) is 39.0 Å². The molecule has 4 nitrogen and oxygen atoms in total. The first-order valence-electron chi connectivity index (χ1n) is 5.89. The SMILES string of the molecule is CCCc1nnc(C(C)(C)c2ccccn2)o1. The van der Waals surface area contributed by atoms with Crippen LogP contribution < -0.4 is 0 Å². The Hall–Kier alpha value is -1.71. The highest BCUT2D eigenvalue weighted by Gasteiger charge is 2.30. The number of aryl methyl sites for hydroxylation is 1. The lowest BCUT2D eigenvalue weighted by atomic mass is 9.89. The maximum absolute atomic E-state index is 5.68. The molecule has 2 aromatic rings. The van der Waals surface area contributed by atoms with E-state index in [9.17, 15) is 0 Å². The van der Waals surface area contributed by atoms with Crippen molar-refractivity contribution in [3.05, 3.63) is 41.9 Å². The van der Waals surface area contributed by atoms with Crippen molar-refractivity contribution in [1.29, 1.82) is 0 Å². The highest BCUT2D eigenvalue weighted by molar-refractivity contribution is 5.22. The summed E-state index contributed by atoms with van der Waals surface area (Å²) in [5.74, 6) is 1.33. The van der Waals surface area contributed by atoms with Gasteiger partial charge in [0.2, 0.25) is 11.8 Å². The molecular weight excluding hydrogens is 214 g/mol. The minimum absolute atomic E-state index is 0.347. The molecule has 0 saturated heterocycles. The molecule has 90 valence electrons. The van der Waals surface area contributed by atoms with E-state index in [4.69, 9.17) is 4.42 Å². The van der Waals surface area contributed by atoms with Gasteiger partial charge in [-0.25, -0.2) is 0 Å². The van der Waals surface area contributed by atoms with E-state index < -0.39 is 0 Å². The minimum atomic E-state index is -0.347. The van der Waals surface area contributed by atoms with Crippen LogP contribution in [-0.4, -0.2) is 15.2 Å². The van der Waals surface area contributed by atoms with Crippen LogP contribution in [0.4, 0.5) is 0 Å². The van der Waals surface area contributed by atoms with E-state index in [-0.39, 0.29) is 5.41 Å². The molecule has 0 bridgehead atoms. The molecule has 0 aliphatic heterocycles. The third kappa shape index (κ3) is 2.35. The summed E-state index contributed by atoms with van der Waals surface area (Å²) in [7, 11) is 0. The number of rotatable bonds is 4. The zero-order valence-electron chi connectivity index (χ0n) is 10.5. The van der Waals surface area contributed by atoms with E-state index >= 15 is 0 Å². The molecular formula is C13H17N3O. The minimum Gasteiger partial charge on any atom is -0.424 e. The second-order valence-corrected chi connectivity index (χ2v) is 4.59. The molecule has 0 aliphatic rings. The standard InChI is InChI=1S/C13H17N3O/c1-4-7-11-15-16-12(17-11)13(2,3)10-8-5-6-9-14-10/h5-6,8-9H,4,7H2,1-3H3. The molecule has 0 aromatic carbocycles. The zero-order chi connectivity index (χ0) is 12.3. The van der Waals surface area contributed by atoms with Crippen molar-refractivity contribution in [1.82, 2.24) is 15.2 Å². The van der Waals surface area contributed by atoms with Gasteiger partial charge in [0.15, 0.2) is 0 Å². The third-order valence-electron chi connectivity index (χ3n) is 2.77. The van der Waals surface area contributed by atoms with Crippen molar-refractivity contribution in [3.63, 3.8) is 0 Å².